The van der Waals surface area contributed by atoms with Gasteiger partial charge in [0.2, 0.25) is 0 Å². The quantitative estimate of drug-likeness (QED) is 0.722. The summed E-state index contributed by atoms with van der Waals surface area (Å²) in [5, 5.41) is 19.3. The summed E-state index contributed by atoms with van der Waals surface area (Å²) in [7, 11) is 0. The van der Waals surface area contributed by atoms with Crippen LogP contribution >= 0.6 is 0 Å². The van der Waals surface area contributed by atoms with Crippen LogP contribution in [-0.2, 0) is 6.42 Å². The summed E-state index contributed by atoms with van der Waals surface area (Å²) >= 11 is 0. The number of phenols is 1. The van der Waals surface area contributed by atoms with Crippen molar-refractivity contribution in [2.45, 2.75) is 6.42 Å². The Hall–Kier alpha value is -2.49. The number of imidazole rings is 1. The fraction of sp³-hybridized carbons (Fsp3) is 0.0714. The summed E-state index contributed by atoms with van der Waals surface area (Å²) in [6, 6.07) is 12.3. The molecule has 0 saturated heterocycles. The minimum Gasteiger partial charge on any atom is -0.508 e. The van der Waals surface area contributed by atoms with E-state index in [1.165, 1.54) is 0 Å². The van der Waals surface area contributed by atoms with Crippen molar-refractivity contribution in [3.8, 4) is 11.6 Å². The van der Waals surface area contributed by atoms with Gasteiger partial charge in [-0.3, -0.25) is 4.40 Å². The van der Waals surface area contributed by atoms with Gasteiger partial charge in [0.1, 0.15) is 11.6 Å². The van der Waals surface area contributed by atoms with Gasteiger partial charge in [-0.1, -0.05) is 18.2 Å². The molecule has 0 radical (unpaired) electrons. The Morgan fingerprint density at radius 3 is 2.72 bits per heavy atom. The van der Waals surface area contributed by atoms with Gasteiger partial charge in [-0.15, -0.1) is 0 Å². The van der Waals surface area contributed by atoms with Gasteiger partial charge < -0.3 is 10.2 Å². The lowest BCUT2D eigenvalue weighted by Crippen LogP contribution is -1.96. The lowest BCUT2D eigenvalue weighted by atomic mass is 10.1. The molecule has 0 aliphatic carbocycles. The van der Waals surface area contributed by atoms with Gasteiger partial charge in [-0.2, -0.15) is 0 Å². The maximum Gasteiger partial charge on any atom is 0.197 e. The molecule has 3 aromatic rings. The van der Waals surface area contributed by atoms with Gasteiger partial charge in [-0.05, 0) is 29.8 Å². The molecule has 0 fully saturated rings. The van der Waals surface area contributed by atoms with Crippen LogP contribution in [0.2, 0.25) is 0 Å². The summed E-state index contributed by atoms with van der Waals surface area (Å²) in [5.74, 6) is 1.14. The molecule has 4 heteroatoms. The first-order chi connectivity index (χ1) is 8.74. The molecule has 2 N–H and O–H groups in total. The van der Waals surface area contributed by atoms with E-state index >= 15 is 0 Å². The number of fused-ring (bicyclic) bond motifs is 1. The third-order valence-corrected chi connectivity index (χ3v) is 2.88. The van der Waals surface area contributed by atoms with E-state index in [0.717, 1.165) is 16.9 Å². The zero-order chi connectivity index (χ0) is 12.5. The second kappa shape index (κ2) is 4.07. The summed E-state index contributed by atoms with van der Waals surface area (Å²) in [5.41, 5.74) is 1.80. The van der Waals surface area contributed by atoms with Crippen LogP contribution in [0.25, 0.3) is 5.52 Å². The summed E-state index contributed by atoms with van der Waals surface area (Å²) in [6.45, 7) is 0. The standard InChI is InChI=1S/C14H12N2O2/c17-12-5-1-3-10(7-12)8-13-15-9-11-4-2-6-14(18)16(11)13/h1-7,9,17-18H,8H2. The molecule has 1 aromatic carbocycles. The predicted octanol–water partition coefficient (Wildman–Crippen LogP) is 2.34. The summed E-state index contributed by atoms with van der Waals surface area (Å²) in [6.07, 6.45) is 2.28. The molecule has 0 bridgehead atoms. The van der Waals surface area contributed by atoms with Gasteiger partial charge in [0.25, 0.3) is 0 Å². The number of pyridine rings is 1. The topological polar surface area (TPSA) is 57.8 Å². The maximum absolute atomic E-state index is 9.85. The fourth-order valence-corrected chi connectivity index (χ4v) is 2.07. The fourth-order valence-electron chi connectivity index (χ4n) is 2.07. The molecule has 0 spiro atoms. The van der Waals surface area contributed by atoms with Gasteiger partial charge in [-0.25, -0.2) is 4.98 Å². The molecule has 3 rings (SSSR count). The highest BCUT2D eigenvalue weighted by atomic mass is 16.3. The van der Waals surface area contributed by atoms with E-state index in [1.807, 2.05) is 12.1 Å². The highest BCUT2D eigenvalue weighted by Gasteiger charge is 2.07. The van der Waals surface area contributed by atoms with Crippen LogP contribution in [0.15, 0.2) is 48.7 Å². The maximum atomic E-state index is 9.85. The second-order valence-electron chi connectivity index (χ2n) is 4.17. The van der Waals surface area contributed by atoms with E-state index in [0.29, 0.717) is 6.42 Å². The van der Waals surface area contributed by atoms with Crippen LogP contribution in [0.3, 0.4) is 0 Å². The third-order valence-electron chi connectivity index (χ3n) is 2.88. The molecule has 0 amide bonds. The monoisotopic (exact) mass is 240 g/mol. The Morgan fingerprint density at radius 2 is 1.89 bits per heavy atom. The smallest absolute Gasteiger partial charge is 0.197 e. The largest absolute Gasteiger partial charge is 0.508 e. The van der Waals surface area contributed by atoms with Gasteiger partial charge in [0.05, 0.1) is 11.7 Å². The van der Waals surface area contributed by atoms with E-state index in [-0.39, 0.29) is 11.6 Å². The first-order valence-corrected chi connectivity index (χ1v) is 5.66. The number of hydrogen-bond acceptors (Lipinski definition) is 3. The SMILES string of the molecule is Oc1cccc(Cc2ncc3cccc(O)n23)c1. The predicted molar refractivity (Wildman–Crippen MR) is 67.8 cm³/mol. The highest BCUT2D eigenvalue weighted by Crippen LogP contribution is 2.19. The molecule has 90 valence electrons. The zero-order valence-electron chi connectivity index (χ0n) is 9.61. The lowest BCUT2D eigenvalue weighted by molar-refractivity contribution is 0.443. The van der Waals surface area contributed by atoms with Crippen LogP contribution in [-0.4, -0.2) is 19.6 Å². The van der Waals surface area contributed by atoms with E-state index in [1.54, 1.807) is 40.9 Å². The third kappa shape index (κ3) is 1.78. The molecule has 0 unspecified atom stereocenters. The molecule has 18 heavy (non-hydrogen) atoms. The summed E-state index contributed by atoms with van der Waals surface area (Å²) < 4.78 is 1.70. The summed E-state index contributed by atoms with van der Waals surface area (Å²) in [4.78, 5) is 4.30. The second-order valence-corrected chi connectivity index (χ2v) is 4.17. The van der Waals surface area contributed by atoms with E-state index in [9.17, 15) is 10.2 Å². The molecule has 0 aliphatic rings. The molecule has 0 atom stereocenters. The Morgan fingerprint density at radius 1 is 1.06 bits per heavy atom. The van der Waals surface area contributed by atoms with Crippen molar-refractivity contribution in [3.63, 3.8) is 0 Å². The number of phenolic OH excluding ortho intramolecular Hbond substituents is 1. The van der Waals surface area contributed by atoms with Gasteiger partial charge in [0.15, 0.2) is 5.88 Å². The average Bonchev–Trinajstić information content (AvgIpc) is 2.74. The van der Waals surface area contributed by atoms with Crippen LogP contribution < -0.4 is 0 Å². The molecule has 0 saturated carbocycles. The van der Waals surface area contributed by atoms with Crippen molar-refractivity contribution in [1.29, 1.82) is 0 Å². The average molecular weight is 240 g/mol. The van der Waals surface area contributed by atoms with Gasteiger partial charge in [0, 0.05) is 6.42 Å². The van der Waals surface area contributed by atoms with E-state index in [2.05, 4.69) is 4.98 Å². The van der Waals surface area contributed by atoms with Crippen LogP contribution in [0.4, 0.5) is 0 Å². The minimum atomic E-state index is 0.167. The number of nitrogens with zero attached hydrogens (tertiary/aromatic N) is 2. The van der Waals surface area contributed by atoms with Crippen molar-refractivity contribution >= 4 is 5.52 Å². The number of benzene rings is 1. The molecule has 2 heterocycles. The molecule has 0 aliphatic heterocycles. The number of rotatable bonds is 2. The minimum absolute atomic E-state index is 0.167. The first-order valence-electron chi connectivity index (χ1n) is 5.66. The Kier molecular flexibility index (Phi) is 2.41. The Bertz CT molecular complexity index is 704. The number of hydrogen-bond donors (Lipinski definition) is 2. The number of aromatic nitrogens is 2. The van der Waals surface area contributed by atoms with E-state index < -0.39 is 0 Å². The molecular weight excluding hydrogens is 228 g/mol. The van der Waals surface area contributed by atoms with Crippen molar-refractivity contribution in [2.24, 2.45) is 0 Å². The number of aromatic hydroxyl groups is 2. The Balaban J connectivity index is 2.05. The van der Waals surface area contributed by atoms with Crippen LogP contribution in [0, 0.1) is 0 Å². The zero-order valence-corrected chi connectivity index (χ0v) is 9.61. The van der Waals surface area contributed by atoms with Crippen molar-refractivity contribution in [3.05, 3.63) is 60.0 Å². The first kappa shape index (κ1) is 10.7. The lowest BCUT2D eigenvalue weighted by Gasteiger charge is -2.04. The van der Waals surface area contributed by atoms with E-state index in [4.69, 9.17) is 0 Å². The van der Waals surface area contributed by atoms with Crippen LogP contribution in [0.1, 0.15) is 11.4 Å². The molecular formula is C14H12N2O2. The molecule has 4 nitrogen and oxygen atoms in total. The molecule has 2 aromatic heterocycles. The van der Waals surface area contributed by atoms with Crippen molar-refractivity contribution < 1.29 is 10.2 Å². The van der Waals surface area contributed by atoms with Crippen LogP contribution in [0.5, 0.6) is 11.6 Å². The normalized spacial score (nSPS) is 10.9. The highest BCUT2D eigenvalue weighted by molar-refractivity contribution is 5.49. The Labute approximate surface area is 104 Å². The van der Waals surface area contributed by atoms with Crippen molar-refractivity contribution in [1.82, 2.24) is 9.38 Å². The van der Waals surface area contributed by atoms with Crippen molar-refractivity contribution in [2.75, 3.05) is 0 Å². The van der Waals surface area contributed by atoms with Gasteiger partial charge >= 0.3 is 0 Å².